The molecule has 2 aromatic carbocycles. The van der Waals surface area contributed by atoms with E-state index in [0.717, 1.165) is 46.8 Å². The molecule has 208 valence electrons. The van der Waals surface area contributed by atoms with Gasteiger partial charge in [-0.15, -0.1) is 0 Å². The predicted molar refractivity (Wildman–Crippen MR) is 157 cm³/mol. The van der Waals surface area contributed by atoms with Crippen LogP contribution >= 0.6 is 15.9 Å². The van der Waals surface area contributed by atoms with Gasteiger partial charge >= 0.3 is 0 Å². The highest BCUT2D eigenvalue weighted by molar-refractivity contribution is 9.10. The van der Waals surface area contributed by atoms with E-state index in [-0.39, 0.29) is 30.8 Å². The van der Waals surface area contributed by atoms with Gasteiger partial charge in [0.05, 0.1) is 11.9 Å². The summed E-state index contributed by atoms with van der Waals surface area (Å²) >= 11 is 3.49. The third kappa shape index (κ3) is 8.30. The van der Waals surface area contributed by atoms with Crippen LogP contribution in [-0.2, 0) is 26.2 Å². The summed E-state index contributed by atoms with van der Waals surface area (Å²) in [5.74, 6) is -0.320. The van der Waals surface area contributed by atoms with E-state index in [0.29, 0.717) is 18.7 Å². The van der Waals surface area contributed by atoms with Crippen molar-refractivity contribution in [2.75, 3.05) is 17.1 Å². The number of nitrogens with zero attached hydrogens (tertiary/aromatic N) is 2. The second-order valence-electron chi connectivity index (χ2n) is 10.3. The summed E-state index contributed by atoms with van der Waals surface area (Å²) in [6.07, 6.45) is 7.01. The lowest BCUT2D eigenvalue weighted by atomic mass is 9.95. The molecule has 0 aliphatic heterocycles. The molecule has 1 saturated carbocycles. The summed E-state index contributed by atoms with van der Waals surface area (Å²) in [6.45, 7) is 6.10. The van der Waals surface area contributed by atoms with Crippen molar-refractivity contribution in [1.82, 2.24) is 10.2 Å². The van der Waals surface area contributed by atoms with Gasteiger partial charge in [-0.05, 0) is 74.9 Å². The number of benzene rings is 2. The number of carbonyl (C=O) groups is 2. The molecule has 0 spiro atoms. The number of sulfonamides is 1. The summed E-state index contributed by atoms with van der Waals surface area (Å²) in [5.41, 5.74) is 3.45. The highest BCUT2D eigenvalue weighted by atomic mass is 79.9. The van der Waals surface area contributed by atoms with E-state index >= 15 is 0 Å². The van der Waals surface area contributed by atoms with Crippen LogP contribution in [0, 0.1) is 13.8 Å². The number of carbonyl (C=O) groups excluding carboxylic acids is 2. The van der Waals surface area contributed by atoms with Crippen LogP contribution in [0.3, 0.4) is 0 Å². The van der Waals surface area contributed by atoms with Crippen molar-refractivity contribution in [1.29, 1.82) is 0 Å². The minimum Gasteiger partial charge on any atom is -0.352 e. The molecule has 0 bridgehead atoms. The minimum atomic E-state index is -3.54. The van der Waals surface area contributed by atoms with Crippen LogP contribution in [0.5, 0.6) is 0 Å². The standard InChI is InChI=1S/C29H40BrN3O4S/c1-21-11-8-16-27(22(21)2)33(38(4,36)37)18-10-17-28(34)32(20-24-12-9-13-25(30)19-24)23(3)29(35)31-26-14-6-5-7-15-26/h8-9,11-13,16,19,23,26H,5-7,10,14-15,17-18,20H2,1-4H3,(H,31,35). The van der Waals surface area contributed by atoms with Crippen LogP contribution in [0.25, 0.3) is 0 Å². The zero-order valence-corrected chi connectivity index (χ0v) is 25.3. The van der Waals surface area contributed by atoms with Gasteiger partial charge in [-0.25, -0.2) is 8.42 Å². The zero-order chi connectivity index (χ0) is 27.9. The number of nitrogens with one attached hydrogen (secondary N) is 1. The van der Waals surface area contributed by atoms with Crippen molar-refractivity contribution < 1.29 is 18.0 Å². The number of aryl methyl sites for hydroxylation is 1. The molecule has 0 aromatic heterocycles. The van der Waals surface area contributed by atoms with Crippen molar-refractivity contribution in [2.45, 2.75) is 84.3 Å². The molecule has 1 aliphatic rings. The van der Waals surface area contributed by atoms with Gasteiger partial charge in [0.15, 0.2) is 0 Å². The quantitative estimate of drug-likeness (QED) is 0.367. The summed E-state index contributed by atoms with van der Waals surface area (Å²) in [6, 6.07) is 12.8. The van der Waals surface area contributed by atoms with E-state index in [1.807, 2.05) is 50.2 Å². The Labute approximate surface area is 236 Å². The molecule has 1 N–H and O–H groups in total. The maximum absolute atomic E-state index is 13.5. The fourth-order valence-corrected chi connectivity index (χ4v) is 6.43. The number of anilines is 1. The monoisotopic (exact) mass is 605 g/mol. The van der Waals surface area contributed by atoms with Crippen molar-refractivity contribution in [3.05, 3.63) is 63.6 Å². The lowest BCUT2D eigenvalue weighted by molar-refractivity contribution is -0.141. The Hall–Kier alpha value is -2.39. The first kappa shape index (κ1) is 30.2. The Kier molecular flexibility index (Phi) is 10.8. The highest BCUT2D eigenvalue weighted by Gasteiger charge is 2.28. The second kappa shape index (κ2) is 13.6. The molecule has 0 radical (unpaired) electrons. The van der Waals surface area contributed by atoms with Crippen LogP contribution in [0.1, 0.15) is 68.6 Å². The maximum atomic E-state index is 13.5. The first-order chi connectivity index (χ1) is 18.0. The van der Waals surface area contributed by atoms with Gasteiger partial charge < -0.3 is 10.2 Å². The molecule has 0 saturated heterocycles. The first-order valence-electron chi connectivity index (χ1n) is 13.4. The average molecular weight is 607 g/mol. The molecule has 3 rings (SSSR count). The van der Waals surface area contributed by atoms with E-state index in [1.54, 1.807) is 17.9 Å². The third-order valence-corrected chi connectivity index (χ3v) is 9.03. The average Bonchev–Trinajstić information content (AvgIpc) is 2.86. The number of hydrogen-bond donors (Lipinski definition) is 1. The molecule has 2 aromatic rings. The maximum Gasteiger partial charge on any atom is 0.242 e. The van der Waals surface area contributed by atoms with Crippen molar-refractivity contribution in [3.63, 3.8) is 0 Å². The normalized spacial score (nSPS) is 15.1. The SMILES string of the molecule is Cc1cccc(N(CCCC(=O)N(Cc2cccc(Br)c2)C(C)C(=O)NC2CCCCC2)S(C)(=O)=O)c1C. The van der Waals surface area contributed by atoms with Gasteiger partial charge in [0, 0.05) is 30.0 Å². The topological polar surface area (TPSA) is 86.8 Å². The second-order valence-corrected chi connectivity index (χ2v) is 13.2. The van der Waals surface area contributed by atoms with Crippen molar-refractivity contribution in [2.24, 2.45) is 0 Å². The largest absolute Gasteiger partial charge is 0.352 e. The Bertz CT molecular complexity index is 1230. The molecule has 1 aliphatic carbocycles. The molecule has 0 heterocycles. The molecule has 2 amide bonds. The number of hydrogen-bond acceptors (Lipinski definition) is 4. The first-order valence-corrected chi connectivity index (χ1v) is 16.0. The lowest BCUT2D eigenvalue weighted by Crippen LogP contribution is -2.50. The summed E-state index contributed by atoms with van der Waals surface area (Å²) in [5, 5.41) is 3.15. The predicted octanol–water partition coefficient (Wildman–Crippen LogP) is 5.48. The van der Waals surface area contributed by atoms with Crippen LogP contribution in [0.4, 0.5) is 5.69 Å². The van der Waals surface area contributed by atoms with Crippen LogP contribution < -0.4 is 9.62 Å². The van der Waals surface area contributed by atoms with E-state index in [9.17, 15) is 18.0 Å². The van der Waals surface area contributed by atoms with Crippen LogP contribution in [0.15, 0.2) is 46.9 Å². The smallest absolute Gasteiger partial charge is 0.242 e. The lowest BCUT2D eigenvalue weighted by Gasteiger charge is -2.31. The molecule has 9 heteroatoms. The van der Waals surface area contributed by atoms with Gasteiger partial charge in [0.25, 0.3) is 0 Å². The summed E-state index contributed by atoms with van der Waals surface area (Å²) in [7, 11) is -3.54. The molecular weight excluding hydrogens is 566 g/mol. The Morgan fingerprint density at radius 1 is 1.08 bits per heavy atom. The summed E-state index contributed by atoms with van der Waals surface area (Å²) < 4.78 is 27.6. The van der Waals surface area contributed by atoms with E-state index in [1.165, 1.54) is 17.0 Å². The number of amides is 2. The molecule has 1 unspecified atom stereocenters. The fourth-order valence-electron chi connectivity index (χ4n) is 4.97. The van der Waals surface area contributed by atoms with Crippen LogP contribution in [0.2, 0.25) is 0 Å². The Balaban J connectivity index is 1.74. The Morgan fingerprint density at radius 3 is 2.42 bits per heavy atom. The van der Waals surface area contributed by atoms with E-state index in [4.69, 9.17) is 0 Å². The molecule has 38 heavy (non-hydrogen) atoms. The minimum absolute atomic E-state index is 0.131. The highest BCUT2D eigenvalue weighted by Crippen LogP contribution is 2.26. The molecular formula is C29H40BrN3O4S. The zero-order valence-electron chi connectivity index (χ0n) is 22.9. The number of rotatable bonds is 11. The van der Waals surface area contributed by atoms with E-state index in [2.05, 4.69) is 21.2 Å². The fraction of sp³-hybridized carbons (Fsp3) is 0.517. The van der Waals surface area contributed by atoms with Gasteiger partial charge in [0.2, 0.25) is 21.8 Å². The van der Waals surface area contributed by atoms with Crippen molar-refractivity contribution in [3.8, 4) is 0 Å². The van der Waals surface area contributed by atoms with Crippen LogP contribution in [-0.4, -0.2) is 50.0 Å². The van der Waals surface area contributed by atoms with Crippen molar-refractivity contribution >= 4 is 43.5 Å². The molecule has 1 fully saturated rings. The Morgan fingerprint density at radius 2 is 1.76 bits per heavy atom. The van der Waals surface area contributed by atoms with Gasteiger partial charge in [-0.2, -0.15) is 0 Å². The molecule has 7 nitrogen and oxygen atoms in total. The van der Waals surface area contributed by atoms with E-state index < -0.39 is 16.1 Å². The summed E-state index contributed by atoms with van der Waals surface area (Å²) in [4.78, 5) is 28.3. The number of halogens is 1. The third-order valence-electron chi connectivity index (χ3n) is 7.36. The molecule has 1 atom stereocenters. The van der Waals surface area contributed by atoms with Gasteiger partial charge in [0.1, 0.15) is 6.04 Å². The van der Waals surface area contributed by atoms with Gasteiger partial charge in [-0.1, -0.05) is 59.5 Å². The van der Waals surface area contributed by atoms with Gasteiger partial charge in [-0.3, -0.25) is 13.9 Å².